The van der Waals surface area contributed by atoms with E-state index in [1.165, 1.54) is 32.1 Å². The lowest BCUT2D eigenvalue weighted by atomic mass is 10.1. The Morgan fingerprint density at radius 3 is 2.36 bits per heavy atom. The van der Waals surface area contributed by atoms with Crippen molar-refractivity contribution in [1.82, 2.24) is 10.2 Å². The number of morpholine rings is 1. The van der Waals surface area contributed by atoms with Crippen molar-refractivity contribution in [2.75, 3.05) is 32.8 Å². The van der Waals surface area contributed by atoms with Crippen LogP contribution in [0.25, 0.3) is 0 Å². The molecule has 1 aliphatic rings. The molecule has 1 saturated heterocycles. The number of hydrogen-bond donors (Lipinski definition) is 2. The Balaban J connectivity index is 2.39. The Morgan fingerprint density at radius 2 is 1.68 bits per heavy atom. The van der Waals surface area contributed by atoms with Crippen molar-refractivity contribution in [3.8, 4) is 0 Å². The number of amides is 1. The van der Waals surface area contributed by atoms with E-state index in [0.29, 0.717) is 13.0 Å². The third-order valence-corrected chi connectivity index (χ3v) is 5.38. The molecule has 0 radical (unpaired) electrons. The van der Waals surface area contributed by atoms with Crippen LogP contribution in [0, 0.1) is 0 Å². The maximum Gasteiger partial charge on any atom is 0.220 e. The number of rotatable bonds is 16. The van der Waals surface area contributed by atoms with Gasteiger partial charge >= 0.3 is 0 Å². The van der Waals surface area contributed by atoms with Crippen LogP contribution in [0.4, 0.5) is 0 Å². The van der Waals surface area contributed by atoms with Gasteiger partial charge in [-0.2, -0.15) is 0 Å². The van der Waals surface area contributed by atoms with E-state index in [0.717, 1.165) is 58.4 Å². The van der Waals surface area contributed by atoms with Gasteiger partial charge in [0.05, 0.1) is 25.4 Å². The molecule has 1 rings (SSSR count). The van der Waals surface area contributed by atoms with Gasteiger partial charge in [0.25, 0.3) is 0 Å². The minimum Gasteiger partial charge on any atom is -0.387 e. The first-order chi connectivity index (χ1) is 13.7. The van der Waals surface area contributed by atoms with Crippen molar-refractivity contribution in [3.63, 3.8) is 0 Å². The normalized spacial score (nSPS) is 17.7. The molecular formula is C23H44N2O3. The lowest BCUT2D eigenvalue weighted by molar-refractivity contribution is -0.122. The Bertz CT molecular complexity index is 409. The minimum absolute atomic E-state index is 0.0628. The highest BCUT2D eigenvalue weighted by Crippen LogP contribution is 2.10. The average molecular weight is 397 g/mol. The maximum absolute atomic E-state index is 12.4. The number of nitrogens with zero attached hydrogens (tertiary/aromatic N) is 1. The molecule has 164 valence electrons. The highest BCUT2D eigenvalue weighted by molar-refractivity contribution is 5.76. The van der Waals surface area contributed by atoms with Crippen molar-refractivity contribution in [1.29, 1.82) is 0 Å². The van der Waals surface area contributed by atoms with Gasteiger partial charge in [-0.3, -0.25) is 9.69 Å². The number of carbonyl (C=O) groups excluding carboxylic acids is 1. The molecule has 0 unspecified atom stereocenters. The van der Waals surface area contributed by atoms with Gasteiger partial charge in [-0.1, -0.05) is 77.4 Å². The molecule has 0 aromatic heterocycles. The van der Waals surface area contributed by atoms with Gasteiger partial charge in [0.2, 0.25) is 5.91 Å². The van der Waals surface area contributed by atoms with Crippen LogP contribution >= 0.6 is 0 Å². The summed E-state index contributed by atoms with van der Waals surface area (Å²) in [5.74, 6) is 0.0628. The van der Waals surface area contributed by atoms with E-state index < -0.39 is 6.10 Å². The molecule has 0 bridgehead atoms. The number of aliphatic hydroxyl groups is 1. The van der Waals surface area contributed by atoms with Gasteiger partial charge < -0.3 is 15.2 Å². The van der Waals surface area contributed by atoms with Crippen LogP contribution in [0.3, 0.4) is 0 Å². The van der Waals surface area contributed by atoms with Crippen LogP contribution in [0.2, 0.25) is 0 Å². The summed E-state index contributed by atoms with van der Waals surface area (Å²) in [6, 6.07) is -0.256. The summed E-state index contributed by atoms with van der Waals surface area (Å²) >= 11 is 0. The molecule has 5 heteroatoms. The Hall–Kier alpha value is -0.910. The average Bonchev–Trinajstić information content (AvgIpc) is 2.70. The van der Waals surface area contributed by atoms with Gasteiger partial charge in [-0.15, -0.1) is 0 Å². The van der Waals surface area contributed by atoms with Gasteiger partial charge in [0, 0.05) is 26.1 Å². The summed E-state index contributed by atoms with van der Waals surface area (Å²) in [6.07, 6.45) is 15.5. The van der Waals surface area contributed by atoms with Gasteiger partial charge in [0.1, 0.15) is 0 Å². The molecule has 0 saturated carbocycles. The Labute approximate surface area is 172 Å². The summed E-state index contributed by atoms with van der Waals surface area (Å²) in [5.41, 5.74) is 0. The molecule has 2 N–H and O–H groups in total. The standard InChI is InChI=1S/C23H44N2O3/c1-3-5-7-9-10-11-13-15-23(27)24-21(20-25-16-18-28-19-17-25)22(26)14-12-8-6-4-2/h12,14,21-22,26H,3-11,13,15-20H2,1-2H3,(H,24,27)/b14-12+/t21-,22-/m1/s1. The zero-order valence-electron chi connectivity index (χ0n) is 18.3. The predicted octanol–water partition coefficient (Wildman–Crippen LogP) is 4.05. The highest BCUT2D eigenvalue weighted by Gasteiger charge is 2.23. The van der Waals surface area contributed by atoms with E-state index >= 15 is 0 Å². The van der Waals surface area contributed by atoms with Crippen LogP contribution in [-0.4, -0.2) is 60.9 Å². The third-order valence-electron chi connectivity index (χ3n) is 5.38. The van der Waals surface area contributed by atoms with Gasteiger partial charge in [0.15, 0.2) is 0 Å². The fraction of sp³-hybridized carbons (Fsp3) is 0.870. The van der Waals surface area contributed by atoms with E-state index in [-0.39, 0.29) is 11.9 Å². The smallest absolute Gasteiger partial charge is 0.220 e. The molecule has 0 spiro atoms. The number of ether oxygens (including phenoxy) is 1. The van der Waals surface area contributed by atoms with E-state index in [1.54, 1.807) is 0 Å². The van der Waals surface area contributed by atoms with Crippen molar-refractivity contribution in [2.45, 2.75) is 96.6 Å². The topological polar surface area (TPSA) is 61.8 Å². The lowest BCUT2D eigenvalue weighted by Crippen LogP contribution is -2.52. The van der Waals surface area contributed by atoms with Crippen LogP contribution in [0.1, 0.15) is 84.5 Å². The third kappa shape index (κ3) is 12.5. The molecule has 0 aliphatic carbocycles. The van der Waals surface area contributed by atoms with Crippen LogP contribution < -0.4 is 5.32 Å². The first-order valence-corrected chi connectivity index (χ1v) is 11.6. The largest absolute Gasteiger partial charge is 0.387 e. The molecular weight excluding hydrogens is 352 g/mol. The number of carbonyl (C=O) groups is 1. The number of nitrogens with one attached hydrogen (secondary N) is 1. The quantitative estimate of drug-likeness (QED) is 0.305. The fourth-order valence-corrected chi connectivity index (χ4v) is 3.51. The summed E-state index contributed by atoms with van der Waals surface area (Å²) in [5, 5.41) is 13.7. The molecule has 0 aromatic rings. The zero-order chi connectivity index (χ0) is 20.5. The minimum atomic E-state index is -0.641. The second-order valence-corrected chi connectivity index (χ2v) is 8.02. The van der Waals surface area contributed by atoms with Crippen molar-refractivity contribution in [2.24, 2.45) is 0 Å². The lowest BCUT2D eigenvalue weighted by Gasteiger charge is -2.32. The number of allylic oxidation sites excluding steroid dienone is 1. The van der Waals surface area contributed by atoms with E-state index in [1.807, 2.05) is 12.2 Å². The Kier molecular flexibility index (Phi) is 15.2. The summed E-state index contributed by atoms with van der Waals surface area (Å²) in [4.78, 5) is 14.7. The van der Waals surface area contributed by atoms with Crippen LogP contribution in [0.5, 0.6) is 0 Å². The van der Waals surface area contributed by atoms with Crippen LogP contribution in [-0.2, 0) is 9.53 Å². The van der Waals surface area contributed by atoms with Gasteiger partial charge in [-0.05, 0) is 12.8 Å². The fourth-order valence-electron chi connectivity index (χ4n) is 3.51. The number of hydrogen-bond acceptors (Lipinski definition) is 4. The predicted molar refractivity (Wildman–Crippen MR) is 116 cm³/mol. The van der Waals surface area contributed by atoms with E-state index in [9.17, 15) is 9.90 Å². The summed E-state index contributed by atoms with van der Waals surface area (Å²) < 4.78 is 5.41. The monoisotopic (exact) mass is 396 g/mol. The molecule has 2 atom stereocenters. The second kappa shape index (κ2) is 17.0. The molecule has 0 aromatic carbocycles. The first-order valence-electron chi connectivity index (χ1n) is 11.6. The molecule has 28 heavy (non-hydrogen) atoms. The Morgan fingerprint density at radius 1 is 1.04 bits per heavy atom. The van der Waals surface area contributed by atoms with Crippen molar-refractivity contribution in [3.05, 3.63) is 12.2 Å². The SMILES string of the molecule is CCCC/C=C/[C@@H](O)[C@@H](CN1CCOCC1)NC(=O)CCCCCCCCC. The zero-order valence-corrected chi connectivity index (χ0v) is 18.3. The maximum atomic E-state index is 12.4. The van der Waals surface area contributed by atoms with Crippen molar-refractivity contribution >= 4 is 5.91 Å². The molecule has 1 fully saturated rings. The van der Waals surface area contributed by atoms with E-state index in [4.69, 9.17) is 4.74 Å². The molecule has 1 aliphatic heterocycles. The van der Waals surface area contributed by atoms with E-state index in [2.05, 4.69) is 24.1 Å². The number of aliphatic hydroxyl groups excluding tert-OH is 1. The summed E-state index contributed by atoms with van der Waals surface area (Å²) in [7, 11) is 0. The summed E-state index contributed by atoms with van der Waals surface area (Å²) in [6.45, 7) is 8.22. The molecule has 1 heterocycles. The second-order valence-electron chi connectivity index (χ2n) is 8.02. The van der Waals surface area contributed by atoms with Crippen LogP contribution in [0.15, 0.2) is 12.2 Å². The molecule has 5 nitrogen and oxygen atoms in total. The first kappa shape index (κ1) is 25.1. The van der Waals surface area contributed by atoms with Crippen molar-refractivity contribution < 1.29 is 14.6 Å². The highest BCUT2D eigenvalue weighted by atomic mass is 16.5. The van der Waals surface area contributed by atoms with Gasteiger partial charge in [-0.25, -0.2) is 0 Å². The molecule has 1 amide bonds. The number of unbranched alkanes of at least 4 members (excludes halogenated alkanes) is 8.